The molecule has 2 unspecified atom stereocenters. The van der Waals surface area contributed by atoms with Crippen LogP contribution in [0.4, 0.5) is 4.79 Å². The maximum Gasteiger partial charge on any atom is 0.315 e. The summed E-state index contributed by atoms with van der Waals surface area (Å²) in [6.07, 6.45) is 4.80. The SMILES string of the molecule is O=C(NCC1CCCCS1)NC1CCOC1. The summed E-state index contributed by atoms with van der Waals surface area (Å²) in [5.41, 5.74) is 0. The molecule has 16 heavy (non-hydrogen) atoms. The van der Waals surface area contributed by atoms with E-state index in [2.05, 4.69) is 10.6 Å². The molecule has 2 aliphatic heterocycles. The first-order chi connectivity index (χ1) is 7.84. The van der Waals surface area contributed by atoms with Crippen LogP contribution in [0.5, 0.6) is 0 Å². The highest BCUT2D eigenvalue weighted by molar-refractivity contribution is 7.99. The molecule has 4 nitrogen and oxygen atoms in total. The minimum absolute atomic E-state index is 0.0401. The van der Waals surface area contributed by atoms with E-state index in [1.54, 1.807) is 0 Å². The number of rotatable bonds is 3. The summed E-state index contributed by atoms with van der Waals surface area (Å²) in [7, 11) is 0. The Kier molecular flexibility index (Phi) is 4.78. The van der Waals surface area contributed by atoms with E-state index in [9.17, 15) is 4.79 Å². The Hall–Kier alpha value is -0.420. The number of carbonyl (C=O) groups is 1. The fourth-order valence-electron chi connectivity index (χ4n) is 2.06. The van der Waals surface area contributed by atoms with Gasteiger partial charge in [0.2, 0.25) is 0 Å². The topological polar surface area (TPSA) is 50.4 Å². The van der Waals surface area contributed by atoms with Crippen molar-refractivity contribution in [1.29, 1.82) is 0 Å². The van der Waals surface area contributed by atoms with E-state index in [-0.39, 0.29) is 12.1 Å². The van der Waals surface area contributed by atoms with Crippen LogP contribution >= 0.6 is 11.8 Å². The van der Waals surface area contributed by atoms with E-state index in [0.717, 1.165) is 19.6 Å². The predicted octanol–water partition coefficient (Wildman–Crippen LogP) is 1.36. The van der Waals surface area contributed by atoms with Crippen LogP contribution in [0.15, 0.2) is 0 Å². The molecular weight excluding hydrogens is 224 g/mol. The number of hydrogen-bond acceptors (Lipinski definition) is 3. The highest BCUT2D eigenvalue weighted by atomic mass is 32.2. The van der Waals surface area contributed by atoms with Crippen LogP contribution in [0.2, 0.25) is 0 Å². The average molecular weight is 244 g/mol. The third-order valence-corrected chi connectivity index (χ3v) is 4.43. The average Bonchev–Trinajstić information content (AvgIpc) is 2.81. The maximum absolute atomic E-state index is 11.6. The van der Waals surface area contributed by atoms with E-state index in [1.807, 2.05) is 11.8 Å². The molecule has 0 radical (unpaired) electrons. The van der Waals surface area contributed by atoms with E-state index in [0.29, 0.717) is 11.9 Å². The smallest absolute Gasteiger partial charge is 0.315 e. The summed E-state index contributed by atoms with van der Waals surface area (Å²) in [6.45, 7) is 2.22. The third kappa shape index (κ3) is 3.87. The van der Waals surface area contributed by atoms with E-state index >= 15 is 0 Å². The first-order valence-electron chi connectivity index (χ1n) is 6.08. The monoisotopic (exact) mass is 244 g/mol. The van der Waals surface area contributed by atoms with Crippen molar-refractivity contribution < 1.29 is 9.53 Å². The lowest BCUT2D eigenvalue weighted by Crippen LogP contribution is -2.44. The van der Waals surface area contributed by atoms with E-state index in [1.165, 1.54) is 25.0 Å². The summed E-state index contributed by atoms with van der Waals surface area (Å²) < 4.78 is 5.21. The molecule has 0 saturated carbocycles. The normalized spacial score (nSPS) is 30.0. The molecule has 0 aromatic heterocycles. The molecule has 2 N–H and O–H groups in total. The van der Waals surface area contributed by atoms with Gasteiger partial charge in [0.25, 0.3) is 0 Å². The second kappa shape index (κ2) is 6.35. The molecule has 2 rings (SSSR count). The fourth-order valence-corrected chi connectivity index (χ4v) is 3.30. The van der Waals surface area contributed by atoms with Gasteiger partial charge in [-0.25, -0.2) is 4.79 Å². The van der Waals surface area contributed by atoms with Crippen LogP contribution in [0.1, 0.15) is 25.7 Å². The van der Waals surface area contributed by atoms with Crippen LogP contribution in [0, 0.1) is 0 Å². The molecule has 2 saturated heterocycles. The molecule has 2 atom stereocenters. The minimum atomic E-state index is -0.0401. The van der Waals surface area contributed by atoms with Crippen molar-refractivity contribution in [2.45, 2.75) is 37.0 Å². The summed E-state index contributed by atoms with van der Waals surface area (Å²) in [5, 5.41) is 6.50. The number of urea groups is 1. The lowest BCUT2D eigenvalue weighted by atomic mass is 10.2. The van der Waals surface area contributed by atoms with Gasteiger partial charge in [-0.05, 0) is 25.0 Å². The number of amides is 2. The zero-order valence-electron chi connectivity index (χ0n) is 9.54. The van der Waals surface area contributed by atoms with Crippen molar-refractivity contribution in [2.75, 3.05) is 25.5 Å². The molecule has 0 spiro atoms. The number of carbonyl (C=O) groups excluding carboxylic acids is 1. The molecule has 0 aromatic carbocycles. The zero-order valence-corrected chi connectivity index (χ0v) is 10.4. The third-order valence-electron chi connectivity index (χ3n) is 3.03. The first kappa shape index (κ1) is 12.0. The van der Waals surface area contributed by atoms with Crippen LogP contribution in [-0.2, 0) is 4.74 Å². The lowest BCUT2D eigenvalue weighted by Gasteiger charge is -2.22. The Morgan fingerprint density at radius 3 is 3.00 bits per heavy atom. The highest BCUT2D eigenvalue weighted by Gasteiger charge is 2.19. The number of ether oxygens (including phenoxy) is 1. The minimum Gasteiger partial charge on any atom is -0.379 e. The standard InChI is InChI=1S/C11H20N2O2S/c14-11(13-9-4-5-15-8-9)12-7-10-3-1-2-6-16-10/h9-10H,1-8H2,(H2,12,13,14). The molecule has 2 heterocycles. The Morgan fingerprint density at radius 2 is 2.31 bits per heavy atom. The van der Waals surface area contributed by atoms with Gasteiger partial charge in [-0.3, -0.25) is 0 Å². The zero-order chi connectivity index (χ0) is 11.2. The number of nitrogens with one attached hydrogen (secondary N) is 2. The Labute approximate surface area is 101 Å². The summed E-state index contributed by atoms with van der Waals surface area (Å²) >= 11 is 1.98. The molecule has 0 aromatic rings. The van der Waals surface area contributed by atoms with Crippen molar-refractivity contribution in [3.8, 4) is 0 Å². The van der Waals surface area contributed by atoms with Crippen LogP contribution in [0.25, 0.3) is 0 Å². The van der Waals surface area contributed by atoms with Gasteiger partial charge < -0.3 is 15.4 Å². The van der Waals surface area contributed by atoms with Gasteiger partial charge >= 0.3 is 6.03 Å². The Morgan fingerprint density at radius 1 is 1.38 bits per heavy atom. The van der Waals surface area contributed by atoms with Crippen molar-refractivity contribution in [3.63, 3.8) is 0 Å². The highest BCUT2D eigenvalue weighted by Crippen LogP contribution is 2.24. The number of thioether (sulfide) groups is 1. The molecule has 2 aliphatic rings. The summed E-state index contributed by atoms with van der Waals surface area (Å²) in [4.78, 5) is 11.6. The van der Waals surface area contributed by atoms with Gasteiger partial charge in [0.1, 0.15) is 0 Å². The lowest BCUT2D eigenvalue weighted by molar-refractivity contribution is 0.188. The van der Waals surface area contributed by atoms with Gasteiger partial charge in [0.05, 0.1) is 12.6 Å². The fraction of sp³-hybridized carbons (Fsp3) is 0.909. The van der Waals surface area contributed by atoms with Crippen LogP contribution < -0.4 is 10.6 Å². The van der Waals surface area contributed by atoms with Gasteiger partial charge in [0.15, 0.2) is 0 Å². The Balaban J connectivity index is 1.59. The molecule has 2 fully saturated rings. The molecule has 0 aliphatic carbocycles. The van der Waals surface area contributed by atoms with Gasteiger partial charge in [0, 0.05) is 18.4 Å². The van der Waals surface area contributed by atoms with Crippen molar-refractivity contribution in [3.05, 3.63) is 0 Å². The van der Waals surface area contributed by atoms with E-state index in [4.69, 9.17) is 4.74 Å². The summed E-state index contributed by atoms with van der Waals surface area (Å²) in [6, 6.07) is 0.167. The first-order valence-corrected chi connectivity index (χ1v) is 7.13. The van der Waals surface area contributed by atoms with Gasteiger partial charge in [-0.2, -0.15) is 11.8 Å². The second-order valence-electron chi connectivity index (χ2n) is 4.40. The van der Waals surface area contributed by atoms with Gasteiger partial charge in [-0.15, -0.1) is 0 Å². The molecule has 2 amide bonds. The second-order valence-corrected chi connectivity index (χ2v) is 5.81. The Bertz CT molecular complexity index is 226. The van der Waals surface area contributed by atoms with Crippen LogP contribution in [-0.4, -0.2) is 42.8 Å². The maximum atomic E-state index is 11.6. The number of hydrogen-bond donors (Lipinski definition) is 2. The molecule has 5 heteroatoms. The summed E-state index contributed by atoms with van der Waals surface area (Å²) in [5.74, 6) is 1.24. The van der Waals surface area contributed by atoms with Crippen LogP contribution in [0.3, 0.4) is 0 Å². The quantitative estimate of drug-likeness (QED) is 0.788. The predicted molar refractivity (Wildman–Crippen MR) is 65.9 cm³/mol. The molecule has 0 bridgehead atoms. The van der Waals surface area contributed by atoms with E-state index < -0.39 is 0 Å². The van der Waals surface area contributed by atoms with Crippen molar-refractivity contribution in [2.24, 2.45) is 0 Å². The molecule has 92 valence electrons. The van der Waals surface area contributed by atoms with Crippen molar-refractivity contribution in [1.82, 2.24) is 10.6 Å². The van der Waals surface area contributed by atoms with Crippen molar-refractivity contribution >= 4 is 17.8 Å². The molecular formula is C11H20N2O2S. The van der Waals surface area contributed by atoms with Gasteiger partial charge in [-0.1, -0.05) is 6.42 Å². The largest absolute Gasteiger partial charge is 0.379 e.